The number of unbranched alkanes of at least 4 members (excludes halogenated alkanes) is 5. The van der Waals surface area contributed by atoms with E-state index in [-0.39, 0.29) is 0 Å². The molecule has 0 radical (unpaired) electrons. The Kier molecular flexibility index (Phi) is 13.2. The van der Waals surface area contributed by atoms with Crippen molar-refractivity contribution < 1.29 is 0 Å². The lowest BCUT2D eigenvalue weighted by Gasteiger charge is -2.04. The minimum atomic E-state index is 0.523. The van der Waals surface area contributed by atoms with Crippen LogP contribution in [0.1, 0.15) is 58.3 Å². The maximum Gasteiger partial charge on any atom is -0.00532 e. The highest BCUT2D eigenvalue weighted by Crippen LogP contribution is 2.12. The van der Waals surface area contributed by atoms with E-state index in [9.17, 15) is 0 Å². The molecule has 0 N–H and O–H groups in total. The molecule has 0 heterocycles. The fraction of sp³-hybridized carbons (Fsp3) is 0.556. The Morgan fingerprint density at radius 1 is 0.944 bits per heavy atom. The van der Waals surface area contributed by atoms with E-state index in [4.69, 9.17) is 0 Å². The van der Waals surface area contributed by atoms with Gasteiger partial charge in [0.05, 0.1) is 0 Å². The second-order valence-electron chi connectivity index (χ2n) is 4.77. The smallest absolute Gasteiger partial charge is 0.00532 e. The Balaban J connectivity index is 3.60. The summed E-state index contributed by atoms with van der Waals surface area (Å²) in [6.07, 6.45) is 23.0. The monoisotopic (exact) mass is 246 g/mol. The average Bonchev–Trinajstić information content (AvgIpc) is 2.40. The Labute approximate surface area is 114 Å². The lowest BCUT2D eigenvalue weighted by atomic mass is 10.0. The van der Waals surface area contributed by atoms with E-state index in [1.165, 1.54) is 38.5 Å². The van der Waals surface area contributed by atoms with E-state index in [1.807, 2.05) is 12.2 Å². The van der Waals surface area contributed by atoms with Crippen LogP contribution in [0.5, 0.6) is 0 Å². The summed E-state index contributed by atoms with van der Waals surface area (Å²) in [4.78, 5) is 0. The molecular formula is C18H30. The van der Waals surface area contributed by atoms with Crippen molar-refractivity contribution in [3.63, 3.8) is 0 Å². The molecule has 0 spiro atoms. The van der Waals surface area contributed by atoms with Gasteiger partial charge in [-0.15, -0.1) is 6.58 Å². The van der Waals surface area contributed by atoms with Crippen LogP contribution in [0.25, 0.3) is 0 Å². The fourth-order valence-corrected chi connectivity index (χ4v) is 1.91. The molecule has 0 rings (SSSR count). The van der Waals surface area contributed by atoms with E-state index in [1.54, 1.807) is 0 Å². The van der Waals surface area contributed by atoms with Crippen molar-refractivity contribution in [2.24, 2.45) is 5.92 Å². The Hall–Kier alpha value is -1.04. The van der Waals surface area contributed by atoms with Gasteiger partial charge in [-0.05, 0) is 31.6 Å². The molecule has 0 aromatic rings. The SMILES string of the molecule is C=CC=CCCC(C=C)C=CCCCCCCC. The molecule has 0 aromatic heterocycles. The highest BCUT2D eigenvalue weighted by molar-refractivity contribution is 5.01. The van der Waals surface area contributed by atoms with Crippen LogP contribution in [0.15, 0.2) is 49.6 Å². The molecule has 18 heavy (non-hydrogen) atoms. The number of rotatable bonds is 12. The lowest BCUT2D eigenvalue weighted by molar-refractivity contribution is 0.635. The Morgan fingerprint density at radius 3 is 2.39 bits per heavy atom. The molecule has 0 aliphatic rings. The van der Waals surface area contributed by atoms with Gasteiger partial charge in [0.2, 0.25) is 0 Å². The minimum absolute atomic E-state index is 0.523. The van der Waals surface area contributed by atoms with Crippen molar-refractivity contribution in [2.45, 2.75) is 58.3 Å². The molecule has 0 aliphatic heterocycles. The maximum absolute atomic E-state index is 3.90. The summed E-state index contributed by atoms with van der Waals surface area (Å²) in [5.41, 5.74) is 0. The molecule has 0 fully saturated rings. The highest BCUT2D eigenvalue weighted by atomic mass is 14.0. The molecule has 1 unspecified atom stereocenters. The second kappa shape index (κ2) is 14.0. The topological polar surface area (TPSA) is 0 Å². The Bertz CT molecular complexity index is 245. The van der Waals surface area contributed by atoms with Gasteiger partial charge in [0.15, 0.2) is 0 Å². The summed E-state index contributed by atoms with van der Waals surface area (Å²) >= 11 is 0. The van der Waals surface area contributed by atoms with E-state index in [2.05, 4.69) is 44.4 Å². The fourth-order valence-electron chi connectivity index (χ4n) is 1.91. The molecule has 0 aliphatic carbocycles. The summed E-state index contributed by atoms with van der Waals surface area (Å²) in [5.74, 6) is 0.523. The van der Waals surface area contributed by atoms with Crippen molar-refractivity contribution in [3.8, 4) is 0 Å². The van der Waals surface area contributed by atoms with E-state index in [0.29, 0.717) is 5.92 Å². The van der Waals surface area contributed by atoms with Gasteiger partial charge in [-0.25, -0.2) is 0 Å². The third-order valence-electron chi connectivity index (χ3n) is 3.10. The first-order valence-corrected chi connectivity index (χ1v) is 7.42. The van der Waals surface area contributed by atoms with Gasteiger partial charge in [0, 0.05) is 0 Å². The maximum atomic E-state index is 3.90. The summed E-state index contributed by atoms with van der Waals surface area (Å²) in [6.45, 7) is 9.83. The molecule has 0 heteroatoms. The predicted molar refractivity (Wildman–Crippen MR) is 84.8 cm³/mol. The van der Waals surface area contributed by atoms with Gasteiger partial charge >= 0.3 is 0 Å². The van der Waals surface area contributed by atoms with Crippen LogP contribution in [0, 0.1) is 5.92 Å². The molecule has 1 atom stereocenters. The first-order chi connectivity index (χ1) is 8.85. The molecule has 0 aromatic carbocycles. The van der Waals surface area contributed by atoms with Crippen molar-refractivity contribution in [3.05, 3.63) is 49.6 Å². The van der Waals surface area contributed by atoms with Gasteiger partial charge in [0.1, 0.15) is 0 Å². The van der Waals surface area contributed by atoms with Gasteiger partial charge in [0.25, 0.3) is 0 Å². The van der Waals surface area contributed by atoms with Gasteiger partial charge in [-0.2, -0.15) is 0 Å². The van der Waals surface area contributed by atoms with Crippen molar-refractivity contribution in [1.29, 1.82) is 0 Å². The van der Waals surface area contributed by atoms with Crippen LogP contribution in [0.2, 0.25) is 0 Å². The molecule has 0 saturated carbocycles. The second-order valence-corrected chi connectivity index (χ2v) is 4.77. The highest BCUT2D eigenvalue weighted by Gasteiger charge is 1.96. The number of hydrogen-bond acceptors (Lipinski definition) is 0. The van der Waals surface area contributed by atoms with Crippen molar-refractivity contribution in [1.82, 2.24) is 0 Å². The first kappa shape index (κ1) is 17.0. The third kappa shape index (κ3) is 11.4. The van der Waals surface area contributed by atoms with E-state index in [0.717, 1.165) is 12.8 Å². The lowest BCUT2D eigenvalue weighted by Crippen LogP contribution is -1.90. The zero-order chi connectivity index (χ0) is 13.5. The third-order valence-corrected chi connectivity index (χ3v) is 3.10. The van der Waals surface area contributed by atoms with Gasteiger partial charge in [-0.3, -0.25) is 0 Å². The number of hydrogen-bond donors (Lipinski definition) is 0. The van der Waals surface area contributed by atoms with Crippen molar-refractivity contribution in [2.75, 3.05) is 0 Å². The van der Waals surface area contributed by atoms with Crippen LogP contribution in [0.3, 0.4) is 0 Å². The first-order valence-electron chi connectivity index (χ1n) is 7.42. The summed E-state index contributed by atoms with van der Waals surface area (Å²) in [7, 11) is 0. The van der Waals surface area contributed by atoms with Crippen LogP contribution >= 0.6 is 0 Å². The zero-order valence-electron chi connectivity index (χ0n) is 12.1. The van der Waals surface area contributed by atoms with Crippen LogP contribution in [-0.2, 0) is 0 Å². The van der Waals surface area contributed by atoms with Crippen LogP contribution < -0.4 is 0 Å². The van der Waals surface area contributed by atoms with E-state index >= 15 is 0 Å². The van der Waals surface area contributed by atoms with Crippen LogP contribution in [0.4, 0.5) is 0 Å². The quantitative estimate of drug-likeness (QED) is 0.217. The predicted octanol–water partition coefficient (Wildman–Crippen LogP) is 6.23. The summed E-state index contributed by atoms with van der Waals surface area (Å²) in [5, 5.41) is 0. The molecular weight excluding hydrogens is 216 g/mol. The molecule has 0 bridgehead atoms. The molecule has 0 amide bonds. The zero-order valence-corrected chi connectivity index (χ0v) is 12.1. The minimum Gasteiger partial charge on any atom is -0.102 e. The van der Waals surface area contributed by atoms with Crippen LogP contribution in [-0.4, -0.2) is 0 Å². The largest absolute Gasteiger partial charge is 0.102 e. The van der Waals surface area contributed by atoms with E-state index < -0.39 is 0 Å². The van der Waals surface area contributed by atoms with Gasteiger partial charge in [-0.1, -0.05) is 75.6 Å². The normalized spacial score (nSPS) is 13.2. The average molecular weight is 246 g/mol. The standard InChI is InChI=1S/C18H30/c1-4-7-9-11-12-13-15-17-18(6-3)16-14-10-8-5-2/h5-6,8,10,15,17-18H,2-4,7,9,11-14,16H2,1H3. The molecule has 0 saturated heterocycles. The van der Waals surface area contributed by atoms with Gasteiger partial charge < -0.3 is 0 Å². The summed E-state index contributed by atoms with van der Waals surface area (Å²) < 4.78 is 0. The Morgan fingerprint density at radius 2 is 1.72 bits per heavy atom. The molecule has 102 valence electrons. The number of allylic oxidation sites excluding steroid dienone is 6. The summed E-state index contributed by atoms with van der Waals surface area (Å²) in [6, 6.07) is 0. The molecule has 0 nitrogen and oxygen atoms in total. The van der Waals surface area contributed by atoms with Crippen molar-refractivity contribution >= 4 is 0 Å².